The lowest BCUT2D eigenvalue weighted by atomic mass is 10.2. The van der Waals surface area contributed by atoms with Crippen molar-refractivity contribution in [1.82, 2.24) is 19.9 Å². The maximum Gasteiger partial charge on any atom is 0.100 e. The Bertz CT molecular complexity index is 395. The van der Waals surface area contributed by atoms with Crippen LogP contribution in [0.1, 0.15) is 25.6 Å². The molecule has 0 saturated carbocycles. The van der Waals surface area contributed by atoms with Crippen LogP contribution >= 0.6 is 0 Å². The van der Waals surface area contributed by atoms with E-state index in [4.69, 9.17) is 9.47 Å². The zero-order valence-corrected chi connectivity index (χ0v) is 11.0. The molecular weight excluding hydrogens is 232 g/mol. The topological polar surface area (TPSA) is 52.4 Å². The van der Waals surface area contributed by atoms with E-state index in [1.807, 2.05) is 10.9 Å². The molecule has 1 aromatic rings. The van der Waals surface area contributed by atoms with Gasteiger partial charge in [0.1, 0.15) is 6.04 Å². The van der Waals surface area contributed by atoms with Crippen LogP contribution in [0.2, 0.25) is 0 Å². The number of nitrogens with zero attached hydrogens (tertiary/aromatic N) is 4. The first kappa shape index (κ1) is 12.1. The summed E-state index contributed by atoms with van der Waals surface area (Å²) in [7, 11) is 0. The molecule has 0 aliphatic carbocycles. The Morgan fingerprint density at radius 1 is 1.28 bits per heavy atom. The molecule has 0 N–H and O–H groups in total. The van der Waals surface area contributed by atoms with Crippen molar-refractivity contribution in [2.75, 3.05) is 26.3 Å². The van der Waals surface area contributed by atoms with Gasteiger partial charge in [-0.15, -0.1) is 5.10 Å². The fraction of sp³-hybridized carbons (Fsp3) is 0.833. The van der Waals surface area contributed by atoms with E-state index in [0.29, 0.717) is 18.2 Å². The highest BCUT2D eigenvalue weighted by Gasteiger charge is 2.24. The van der Waals surface area contributed by atoms with Gasteiger partial charge in [0.25, 0.3) is 0 Å². The minimum absolute atomic E-state index is 0.295. The molecule has 3 rings (SSSR count). The second kappa shape index (κ2) is 4.95. The number of hydrogen-bond acceptors (Lipinski definition) is 5. The molecule has 0 aromatic carbocycles. The molecule has 18 heavy (non-hydrogen) atoms. The zero-order valence-electron chi connectivity index (χ0n) is 11.0. The summed E-state index contributed by atoms with van der Waals surface area (Å²) in [5.41, 5.74) is 1.03. The van der Waals surface area contributed by atoms with Crippen molar-refractivity contribution < 1.29 is 9.47 Å². The van der Waals surface area contributed by atoms with Crippen LogP contribution in [0, 0.1) is 0 Å². The molecule has 0 radical (unpaired) electrons. The van der Waals surface area contributed by atoms with Crippen LogP contribution in [0.5, 0.6) is 0 Å². The minimum atomic E-state index is 0.295. The highest BCUT2D eigenvalue weighted by atomic mass is 16.5. The van der Waals surface area contributed by atoms with E-state index < -0.39 is 0 Å². The summed E-state index contributed by atoms with van der Waals surface area (Å²) in [6.07, 6.45) is 2.63. The lowest BCUT2D eigenvalue weighted by Gasteiger charge is -2.34. The Hall–Kier alpha value is -0.980. The van der Waals surface area contributed by atoms with Gasteiger partial charge in [0.2, 0.25) is 0 Å². The van der Waals surface area contributed by atoms with Crippen molar-refractivity contribution in [1.29, 1.82) is 0 Å². The molecule has 1 aromatic heterocycles. The number of morpholine rings is 1. The van der Waals surface area contributed by atoms with Gasteiger partial charge in [-0.2, -0.15) is 0 Å². The minimum Gasteiger partial charge on any atom is -0.377 e. The van der Waals surface area contributed by atoms with Crippen LogP contribution in [0.15, 0.2) is 6.20 Å². The Balaban J connectivity index is 1.59. The Morgan fingerprint density at radius 2 is 2.00 bits per heavy atom. The predicted octanol–water partition coefficient (Wildman–Crippen LogP) is 0.459. The molecule has 6 heteroatoms. The van der Waals surface area contributed by atoms with Crippen LogP contribution in [0.4, 0.5) is 0 Å². The molecule has 2 saturated heterocycles. The van der Waals surface area contributed by atoms with Gasteiger partial charge in [-0.05, 0) is 13.8 Å². The van der Waals surface area contributed by atoms with E-state index >= 15 is 0 Å². The van der Waals surface area contributed by atoms with Gasteiger partial charge < -0.3 is 9.47 Å². The highest BCUT2D eigenvalue weighted by Crippen LogP contribution is 2.17. The molecule has 2 aliphatic heterocycles. The summed E-state index contributed by atoms with van der Waals surface area (Å²) in [6, 6.07) is 0.383. The van der Waals surface area contributed by atoms with Gasteiger partial charge >= 0.3 is 0 Å². The van der Waals surface area contributed by atoms with Crippen molar-refractivity contribution in [3.8, 4) is 0 Å². The molecule has 2 aliphatic rings. The average molecular weight is 252 g/mol. The van der Waals surface area contributed by atoms with Crippen molar-refractivity contribution >= 4 is 0 Å². The first-order chi connectivity index (χ1) is 8.70. The normalized spacial score (nSPS) is 30.3. The van der Waals surface area contributed by atoms with E-state index in [2.05, 4.69) is 29.1 Å². The van der Waals surface area contributed by atoms with Crippen LogP contribution in [0.3, 0.4) is 0 Å². The zero-order chi connectivity index (χ0) is 12.5. The van der Waals surface area contributed by atoms with Gasteiger partial charge in [-0.3, -0.25) is 4.90 Å². The summed E-state index contributed by atoms with van der Waals surface area (Å²) >= 11 is 0. The van der Waals surface area contributed by atoms with Crippen LogP contribution in [0.25, 0.3) is 0 Å². The maximum atomic E-state index is 5.72. The maximum absolute atomic E-state index is 5.72. The van der Waals surface area contributed by atoms with Crippen molar-refractivity contribution in [3.05, 3.63) is 11.9 Å². The van der Waals surface area contributed by atoms with Gasteiger partial charge in [0, 0.05) is 19.6 Å². The number of aromatic nitrogens is 3. The third-order valence-electron chi connectivity index (χ3n) is 3.43. The molecule has 6 nitrogen and oxygen atoms in total. The molecule has 2 atom stereocenters. The number of rotatable bonds is 3. The second-order valence-electron chi connectivity index (χ2n) is 5.33. The molecule has 100 valence electrons. The third-order valence-corrected chi connectivity index (χ3v) is 3.43. The molecule has 0 bridgehead atoms. The largest absolute Gasteiger partial charge is 0.377 e. The highest BCUT2D eigenvalue weighted by molar-refractivity contribution is 4.95. The Morgan fingerprint density at radius 3 is 2.61 bits per heavy atom. The second-order valence-corrected chi connectivity index (χ2v) is 5.33. The fourth-order valence-corrected chi connectivity index (χ4v) is 2.58. The van der Waals surface area contributed by atoms with Crippen molar-refractivity contribution in [2.45, 2.75) is 38.6 Å². The number of hydrogen-bond donors (Lipinski definition) is 0. The van der Waals surface area contributed by atoms with E-state index in [9.17, 15) is 0 Å². The molecule has 3 heterocycles. The van der Waals surface area contributed by atoms with Gasteiger partial charge in [0.15, 0.2) is 0 Å². The first-order valence-electron chi connectivity index (χ1n) is 6.57. The smallest absolute Gasteiger partial charge is 0.100 e. The summed E-state index contributed by atoms with van der Waals surface area (Å²) in [5, 5.41) is 8.41. The summed E-state index contributed by atoms with van der Waals surface area (Å²) < 4.78 is 12.8. The van der Waals surface area contributed by atoms with Crippen LogP contribution in [-0.4, -0.2) is 58.4 Å². The van der Waals surface area contributed by atoms with Crippen LogP contribution < -0.4 is 0 Å². The van der Waals surface area contributed by atoms with E-state index in [1.165, 1.54) is 0 Å². The third kappa shape index (κ3) is 2.55. The standard InChI is InChI=1S/C12H20N4O2/c1-9-3-15(4-10(2)18-9)5-11-6-16(14-13-11)12-7-17-8-12/h6,9-10,12H,3-5,7-8H2,1-2H3/t9-,10+. The molecule has 0 unspecified atom stereocenters. The first-order valence-corrected chi connectivity index (χ1v) is 6.57. The molecule has 0 spiro atoms. The monoisotopic (exact) mass is 252 g/mol. The summed E-state index contributed by atoms with van der Waals surface area (Å²) in [6.45, 7) is 8.53. The molecular formula is C12H20N4O2. The Kier molecular flexibility index (Phi) is 3.32. The lowest BCUT2D eigenvalue weighted by molar-refractivity contribution is -0.0707. The molecule has 2 fully saturated rings. The van der Waals surface area contributed by atoms with Gasteiger partial charge in [0.05, 0.1) is 37.3 Å². The van der Waals surface area contributed by atoms with Gasteiger partial charge in [-0.1, -0.05) is 5.21 Å². The fourth-order valence-electron chi connectivity index (χ4n) is 2.58. The van der Waals surface area contributed by atoms with E-state index in [1.54, 1.807) is 0 Å². The van der Waals surface area contributed by atoms with E-state index in [-0.39, 0.29) is 0 Å². The number of ether oxygens (including phenoxy) is 2. The van der Waals surface area contributed by atoms with Gasteiger partial charge in [-0.25, -0.2) is 4.68 Å². The molecule has 0 amide bonds. The van der Waals surface area contributed by atoms with Crippen LogP contribution in [-0.2, 0) is 16.0 Å². The lowest BCUT2D eigenvalue weighted by Crippen LogP contribution is -2.44. The average Bonchev–Trinajstić information content (AvgIpc) is 2.61. The van der Waals surface area contributed by atoms with Crippen molar-refractivity contribution in [3.63, 3.8) is 0 Å². The summed E-state index contributed by atoms with van der Waals surface area (Å²) in [5.74, 6) is 0. The Labute approximate surface area is 107 Å². The summed E-state index contributed by atoms with van der Waals surface area (Å²) in [4.78, 5) is 2.38. The van der Waals surface area contributed by atoms with Crippen molar-refractivity contribution in [2.24, 2.45) is 0 Å². The quantitative estimate of drug-likeness (QED) is 0.782. The van der Waals surface area contributed by atoms with E-state index in [0.717, 1.165) is 38.5 Å². The SMILES string of the molecule is C[C@@H]1CN(Cc2cn(C3COC3)nn2)C[C@H](C)O1. The predicted molar refractivity (Wildman–Crippen MR) is 65.2 cm³/mol.